The van der Waals surface area contributed by atoms with E-state index in [2.05, 4.69) is 56.1 Å². The van der Waals surface area contributed by atoms with E-state index in [9.17, 15) is 0 Å². The summed E-state index contributed by atoms with van der Waals surface area (Å²) in [5, 5.41) is 7.27. The molecule has 0 fully saturated rings. The molecule has 0 bridgehead atoms. The van der Waals surface area contributed by atoms with Crippen molar-refractivity contribution in [3.8, 4) is 5.75 Å². The van der Waals surface area contributed by atoms with E-state index in [4.69, 9.17) is 4.74 Å². The van der Waals surface area contributed by atoms with Crippen LogP contribution in [0, 0.1) is 13.8 Å². The van der Waals surface area contributed by atoms with Crippen molar-refractivity contribution in [2.75, 3.05) is 6.61 Å². The van der Waals surface area contributed by atoms with E-state index < -0.39 is 0 Å². The van der Waals surface area contributed by atoms with Crippen LogP contribution in [0.5, 0.6) is 5.75 Å². The van der Waals surface area contributed by atoms with E-state index in [0.29, 0.717) is 5.92 Å². The number of H-pyrrole nitrogens is 1. The Kier molecular flexibility index (Phi) is 5.43. The standard InChI is InChI=1S/C18H26N2O/c1-13(2)16-8-7-9-17(12-16)21-11-6-5-10-18-14(3)19-20-15(18)4/h7-9,12-13H,5-6,10-11H2,1-4H3,(H,19,20). The number of hydrogen-bond acceptors (Lipinski definition) is 2. The van der Waals surface area contributed by atoms with Gasteiger partial charge in [0.15, 0.2) is 0 Å². The van der Waals surface area contributed by atoms with E-state index in [-0.39, 0.29) is 0 Å². The van der Waals surface area contributed by atoms with Crippen molar-refractivity contribution in [3.63, 3.8) is 0 Å². The normalized spacial score (nSPS) is 11.1. The minimum absolute atomic E-state index is 0.542. The molecule has 3 heteroatoms. The molecule has 0 saturated heterocycles. The first kappa shape index (κ1) is 15.6. The fourth-order valence-corrected chi connectivity index (χ4v) is 2.50. The van der Waals surface area contributed by atoms with Gasteiger partial charge in [-0.3, -0.25) is 5.10 Å². The van der Waals surface area contributed by atoms with Gasteiger partial charge in [0.25, 0.3) is 0 Å². The van der Waals surface area contributed by atoms with Crippen LogP contribution in [0.4, 0.5) is 0 Å². The largest absolute Gasteiger partial charge is 0.494 e. The fourth-order valence-electron chi connectivity index (χ4n) is 2.50. The number of unbranched alkanes of at least 4 members (excludes halogenated alkanes) is 1. The molecule has 3 nitrogen and oxygen atoms in total. The molecule has 0 saturated carbocycles. The first-order valence-electron chi connectivity index (χ1n) is 7.81. The maximum atomic E-state index is 5.85. The molecule has 0 aliphatic rings. The number of nitrogens with zero attached hydrogens (tertiary/aromatic N) is 1. The predicted octanol–water partition coefficient (Wildman–Crippen LogP) is 4.55. The highest BCUT2D eigenvalue weighted by Crippen LogP contribution is 2.20. The van der Waals surface area contributed by atoms with E-state index in [0.717, 1.165) is 37.3 Å². The minimum Gasteiger partial charge on any atom is -0.494 e. The monoisotopic (exact) mass is 286 g/mol. The first-order valence-corrected chi connectivity index (χ1v) is 7.81. The number of rotatable bonds is 7. The summed E-state index contributed by atoms with van der Waals surface area (Å²) in [6.45, 7) is 9.33. The molecule has 0 aliphatic carbocycles. The molecule has 1 N–H and O–H groups in total. The number of hydrogen-bond donors (Lipinski definition) is 1. The lowest BCUT2D eigenvalue weighted by Crippen LogP contribution is -2.00. The summed E-state index contributed by atoms with van der Waals surface area (Å²) in [5.41, 5.74) is 5.00. The predicted molar refractivity (Wildman–Crippen MR) is 87.0 cm³/mol. The van der Waals surface area contributed by atoms with Gasteiger partial charge in [0.05, 0.1) is 12.3 Å². The molecule has 1 aromatic heterocycles. The molecule has 1 heterocycles. The van der Waals surface area contributed by atoms with Crippen LogP contribution in [-0.2, 0) is 6.42 Å². The van der Waals surface area contributed by atoms with Crippen molar-refractivity contribution in [3.05, 3.63) is 46.8 Å². The molecule has 0 radical (unpaired) electrons. The highest BCUT2D eigenvalue weighted by molar-refractivity contribution is 5.30. The molecule has 0 amide bonds. The zero-order chi connectivity index (χ0) is 15.2. The van der Waals surface area contributed by atoms with E-state index in [1.54, 1.807) is 0 Å². The summed E-state index contributed by atoms with van der Waals surface area (Å²) >= 11 is 0. The van der Waals surface area contributed by atoms with Gasteiger partial charge in [-0.2, -0.15) is 5.10 Å². The second kappa shape index (κ2) is 7.30. The van der Waals surface area contributed by atoms with Crippen LogP contribution in [0.25, 0.3) is 0 Å². The van der Waals surface area contributed by atoms with Crippen LogP contribution < -0.4 is 4.74 Å². The zero-order valence-corrected chi connectivity index (χ0v) is 13.6. The summed E-state index contributed by atoms with van der Waals surface area (Å²) in [5.74, 6) is 1.53. The number of benzene rings is 1. The Morgan fingerprint density at radius 3 is 2.67 bits per heavy atom. The second-order valence-corrected chi connectivity index (χ2v) is 5.95. The second-order valence-electron chi connectivity index (χ2n) is 5.95. The quantitative estimate of drug-likeness (QED) is 0.758. The van der Waals surface area contributed by atoms with Crippen molar-refractivity contribution in [1.82, 2.24) is 10.2 Å². The molecule has 0 aliphatic heterocycles. The van der Waals surface area contributed by atoms with E-state index >= 15 is 0 Å². The molecular formula is C18H26N2O. The van der Waals surface area contributed by atoms with Gasteiger partial charge in [-0.1, -0.05) is 26.0 Å². The third kappa shape index (κ3) is 4.35. The van der Waals surface area contributed by atoms with Gasteiger partial charge >= 0.3 is 0 Å². The van der Waals surface area contributed by atoms with Gasteiger partial charge in [-0.15, -0.1) is 0 Å². The van der Waals surface area contributed by atoms with Crippen molar-refractivity contribution in [1.29, 1.82) is 0 Å². The Hall–Kier alpha value is -1.77. The number of aromatic nitrogens is 2. The molecule has 114 valence electrons. The Morgan fingerprint density at radius 1 is 1.19 bits per heavy atom. The van der Waals surface area contributed by atoms with Crippen molar-refractivity contribution in [2.24, 2.45) is 0 Å². The maximum Gasteiger partial charge on any atom is 0.119 e. The van der Waals surface area contributed by atoms with E-state index in [1.165, 1.54) is 16.8 Å². The van der Waals surface area contributed by atoms with Gasteiger partial charge in [-0.05, 0) is 62.3 Å². The SMILES string of the molecule is Cc1n[nH]c(C)c1CCCCOc1cccc(C(C)C)c1. The lowest BCUT2D eigenvalue weighted by molar-refractivity contribution is 0.306. The minimum atomic E-state index is 0.542. The van der Waals surface area contributed by atoms with Crippen LogP contribution in [0.3, 0.4) is 0 Å². The average Bonchev–Trinajstić information content (AvgIpc) is 2.78. The van der Waals surface area contributed by atoms with Crippen molar-refractivity contribution < 1.29 is 4.74 Å². The third-order valence-electron chi connectivity index (χ3n) is 3.90. The number of nitrogens with one attached hydrogen (secondary N) is 1. The van der Waals surface area contributed by atoms with Gasteiger partial charge in [0.2, 0.25) is 0 Å². The van der Waals surface area contributed by atoms with Crippen LogP contribution in [0.2, 0.25) is 0 Å². The highest BCUT2D eigenvalue weighted by atomic mass is 16.5. The van der Waals surface area contributed by atoms with Crippen LogP contribution >= 0.6 is 0 Å². The average molecular weight is 286 g/mol. The Balaban J connectivity index is 1.74. The Labute approximate surface area is 127 Å². The molecule has 21 heavy (non-hydrogen) atoms. The summed E-state index contributed by atoms with van der Waals surface area (Å²) in [7, 11) is 0. The van der Waals surface area contributed by atoms with Crippen LogP contribution in [0.15, 0.2) is 24.3 Å². The van der Waals surface area contributed by atoms with Gasteiger partial charge in [0.1, 0.15) is 5.75 Å². The topological polar surface area (TPSA) is 37.9 Å². The molecule has 0 atom stereocenters. The lowest BCUT2D eigenvalue weighted by Gasteiger charge is -2.10. The molecule has 0 unspecified atom stereocenters. The number of aryl methyl sites for hydroxylation is 2. The third-order valence-corrected chi connectivity index (χ3v) is 3.90. The molecular weight excluding hydrogens is 260 g/mol. The highest BCUT2D eigenvalue weighted by Gasteiger charge is 2.05. The first-order chi connectivity index (χ1) is 10.1. The molecule has 2 rings (SSSR count). The summed E-state index contributed by atoms with van der Waals surface area (Å²) < 4.78 is 5.85. The van der Waals surface area contributed by atoms with Gasteiger partial charge in [0, 0.05) is 5.69 Å². The molecule has 1 aromatic carbocycles. The van der Waals surface area contributed by atoms with Gasteiger partial charge < -0.3 is 4.74 Å². The number of aromatic amines is 1. The van der Waals surface area contributed by atoms with E-state index in [1.807, 2.05) is 6.07 Å². The maximum absolute atomic E-state index is 5.85. The smallest absolute Gasteiger partial charge is 0.119 e. The molecule has 2 aromatic rings. The zero-order valence-electron chi connectivity index (χ0n) is 13.6. The Morgan fingerprint density at radius 2 is 2.00 bits per heavy atom. The lowest BCUT2D eigenvalue weighted by atomic mass is 10.0. The summed E-state index contributed by atoms with van der Waals surface area (Å²) in [6, 6.07) is 8.41. The Bertz CT molecular complexity index is 553. The van der Waals surface area contributed by atoms with Crippen molar-refractivity contribution in [2.45, 2.75) is 52.9 Å². The van der Waals surface area contributed by atoms with Crippen LogP contribution in [-0.4, -0.2) is 16.8 Å². The van der Waals surface area contributed by atoms with Crippen LogP contribution in [0.1, 0.15) is 55.1 Å². The van der Waals surface area contributed by atoms with Crippen molar-refractivity contribution >= 4 is 0 Å². The summed E-state index contributed by atoms with van der Waals surface area (Å²) in [6.07, 6.45) is 3.27. The fraction of sp³-hybridized carbons (Fsp3) is 0.500. The number of ether oxygens (including phenoxy) is 1. The summed E-state index contributed by atoms with van der Waals surface area (Å²) in [4.78, 5) is 0. The van der Waals surface area contributed by atoms with Gasteiger partial charge in [-0.25, -0.2) is 0 Å². The molecule has 0 spiro atoms.